The Kier molecular flexibility index (Phi) is 6.03. The lowest BCUT2D eigenvalue weighted by atomic mass is 9.98. The van der Waals surface area contributed by atoms with E-state index in [1.807, 2.05) is 17.8 Å². The molecule has 0 amide bonds. The van der Waals surface area contributed by atoms with Gasteiger partial charge in [0.2, 0.25) is 0 Å². The molecule has 1 aromatic carbocycles. The molecule has 0 aliphatic rings. The van der Waals surface area contributed by atoms with Gasteiger partial charge in [-0.15, -0.1) is 0 Å². The van der Waals surface area contributed by atoms with E-state index >= 15 is 0 Å². The Bertz CT molecular complexity index is 313. The lowest BCUT2D eigenvalue weighted by molar-refractivity contribution is 0.178. The van der Waals surface area contributed by atoms with E-state index in [9.17, 15) is 0 Å². The molecule has 3 unspecified atom stereocenters. The molecule has 0 radical (unpaired) electrons. The standard InChI is InChI=1S/C14H24N2S/c1-11(10-17-4)16(3)14(12(2)15)13-8-6-5-7-9-13/h5-9,11-12,14H,10,15H2,1-4H3. The van der Waals surface area contributed by atoms with Crippen LogP contribution < -0.4 is 5.73 Å². The number of hydrogen-bond acceptors (Lipinski definition) is 3. The Morgan fingerprint density at radius 3 is 2.29 bits per heavy atom. The largest absolute Gasteiger partial charge is 0.326 e. The van der Waals surface area contributed by atoms with E-state index in [4.69, 9.17) is 5.73 Å². The molecular formula is C14H24N2S. The Balaban J connectivity index is 2.86. The van der Waals surface area contributed by atoms with Crippen molar-refractivity contribution in [2.75, 3.05) is 19.1 Å². The van der Waals surface area contributed by atoms with Gasteiger partial charge in [0.05, 0.1) is 0 Å². The van der Waals surface area contributed by atoms with Crippen molar-refractivity contribution in [1.82, 2.24) is 4.90 Å². The van der Waals surface area contributed by atoms with Crippen molar-refractivity contribution in [3.8, 4) is 0 Å². The normalized spacial score (nSPS) is 16.8. The highest BCUT2D eigenvalue weighted by Crippen LogP contribution is 2.24. The third-order valence-electron chi connectivity index (χ3n) is 3.18. The SMILES string of the molecule is CSCC(C)N(C)C(c1ccccc1)C(C)N. The fourth-order valence-electron chi connectivity index (χ4n) is 2.19. The van der Waals surface area contributed by atoms with Gasteiger partial charge in [0.25, 0.3) is 0 Å². The Morgan fingerprint density at radius 2 is 1.82 bits per heavy atom. The van der Waals surface area contributed by atoms with Crippen LogP contribution in [0.2, 0.25) is 0 Å². The highest BCUT2D eigenvalue weighted by atomic mass is 32.2. The van der Waals surface area contributed by atoms with Gasteiger partial charge in [-0.25, -0.2) is 0 Å². The van der Waals surface area contributed by atoms with Gasteiger partial charge in [-0.3, -0.25) is 4.90 Å². The fraction of sp³-hybridized carbons (Fsp3) is 0.571. The molecule has 2 nitrogen and oxygen atoms in total. The summed E-state index contributed by atoms with van der Waals surface area (Å²) in [5.74, 6) is 1.13. The Labute approximate surface area is 110 Å². The van der Waals surface area contributed by atoms with Crippen molar-refractivity contribution in [2.45, 2.75) is 32.0 Å². The molecule has 1 aromatic rings. The molecule has 0 saturated carbocycles. The van der Waals surface area contributed by atoms with Crippen LogP contribution in [0, 0.1) is 0 Å². The summed E-state index contributed by atoms with van der Waals surface area (Å²) in [4.78, 5) is 2.39. The van der Waals surface area contributed by atoms with Crippen LogP contribution in [0.4, 0.5) is 0 Å². The molecule has 17 heavy (non-hydrogen) atoms. The lowest BCUT2D eigenvalue weighted by Crippen LogP contribution is -2.42. The third kappa shape index (κ3) is 4.02. The summed E-state index contributed by atoms with van der Waals surface area (Å²) in [6.07, 6.45) is 2.15. The first kappa shape index (κ1) is 14.6. The minimum Gasteiger partial charge on any atom is -0.326 e. The number of thioether (sulfide) groups is 1. The Morgan fingerprint density at radius 1 is 1.24 bits per heavy atom. The van der Waals surface area contributed by atoms with Gasteiger partial charge in [-0.2, -0.15) is 11.8 Å². The zero-order chi connectivity index (χ0) is 12.8. The monoisotopic (exact) mass is 252 g/mol. The number of nitrogens with zero attached hydrogens (tertiary/aromatic N) is 1. The number of likely N-dealkylation sites (N-methyl/N-ethyl adjacent to an activating group) is 1. The topological polar surface area (TPSA) is 29.3 Å². The van der Waals surface area contributed by atoms with E-state index < -0.39 is 0 Å². The zero-order valence-corrected chi connectivity index (χ0v) is 12.1. The summed E-state index contributed by atoms with van der Waals surface area (Å²) in [5.41, 5.74) is 7.46. The maximum Gasteiger partial charge on any atom is 0.0496 e. The molecule has 0 aliphatic carbocycles. The van der Waals surface area contributed by atoms with E-state index in [0.717, 1.165) is 5.75 Å². The van der Waals surface area contributed by atoms with Crippen molar-refractivity contribution in [3.63, 3.8) is 0 Å². The summed E-state index contributed by atoms with van der Waals surface area (Å²) < 4.78 is 0. The molecule has 0 fully saturated rings. The summed E-state index contributed by atoms with van der Waals surface area (Å²) in [5, 5.41) is 0. The van der Waals surface area contributed by atoms with Gasteiger partial charge >= 0.3 is 0 Å². The molecule has 96 valence electrons. The molecule has 0 aromatic heterocycles. The number of hydrogen-bond donors (Lipinski definition) is 1. The van der Waals surface area contributed by atoms with Crippen LogP contribution in [-0.4, -0.2) is 36.0 Å². The summed E-state index contributed by atoms with van der Waals surface area (Å²) in [7, 11) is 2.17. The number of nitrogens with two attached hydrogens (primary N) is 1. The highest BCUT2D eigenvalue weighted by Gasteiger charge is 2.24. The zero-order valence-electron chi connectivity index (χ0n) is 11.3. The molecule has 3 atom stereocenters. The average Bonchev–Trinajstić information content (AvgIpc) is 2.30. The first-order valence-corrected chi connectivity index (χ1v) is 7.48. The summed E-state index contributed by atoms with van der Waals surface area (Å²) >= 11 is 1.88. The van der Waals surface area contributed by atoms with Gasteiger partial charge in [0.15, 0.2) is 0 Å². The maximum atomic E-state index is 6.16. The van der Waals surface area contributed by atoms with E-state index in [0.29, 0.717) is 12.1 Å². The smallest absolute Gasteiger partial charge is 0.0496 e. The van der Waals surface area contributed by atoms with Gasteiger partial charge in [-0.1, -0.05) is 30.3 Å². The third-order valence-corrected chi connectivity index (χ3v) is 4.00. The number of rotatable bonds is 6. The molecule has 1 rings (SSSR count). The minimum absolute atomic E-state index is 0.131. The lowest BCUT2D eigenvalue weighted by Gasteiger charge is -2.35. The van der Waals surface area contributed by atoms with Crippen molar-refractivity contribution >= 4 is 11.8 Å². The molecule has 0 bridgehead atoms. The fourth-order valence-corrected chi connectivity index (χ4v) is 2.91. The van der Waals surface area contributed by atoms with Crippen LogP contribution >= 0.6 is 11.8 Å². The van der Waals surface area contributed by atoms with Crippen LogP contribution in [0.1, 0.15) is 25.5 Å². The maximum absolute atomic E-state index is 6.16. The second kappa shape index (κ2) is 7.04. The molecular weight excluding hydrogens is 228 g/mol. The van der Waals surface area contributed by atoms with Crippen LogP contribution in [0.15, 0.2) is 30.3 Å². The molecule has 0 aliphatic heterocycles. The van der Waals surface area contributed by atoms with Crippen LogP contribution in [0.3, 0.4) is 0 Å². The van der Waals surface area contributed by atoms with Gasteiger partial charge in [-0.05, 0) is 32.7 Å². The summed E-state index contributed by atoms with van der Waals surface area (Å²) in [6.45, 7) is 4.34. The van der Waals surface area contributed by atoms with E-state index in [-0.39, 0.29) is 6.04 Å². The molecule has 2 N–H and O–H groups in total. The van der Waals surface area contributed by atoms with E-state index in [2.05, 4.69) is 56.3 Å². The predicted octanol–water partition coefficient (Wildman–Crippen LogP) is 2.76. The van der Waals surface area contributed by atoms with Crippen LogP contribution in [-0.2, 0) is 0 Å². The highest BCUT2D eigenvalue weighted by molar-refractivity contribution is 7.98. The molecule has 0 saturated heterocycles. The van der Waals surface area contributed by atoms with Crippen molar-refractivity contribution < 1.29 is 0 Å². The second-order valence-corrected chi connectivity index (χ2v) is 5.60. The van der Waals surface area contributed by atoms with Crippen molar-refractivity contribution in [1.29, 1.82) is 0 Å². The first-order valence-electron chi connectivity index (χ1n) is 6.09. The predicted molar refractivity (Wildman–Crippen MR) is 78.4 cm³/mol. The average molecular weight is 252 g/mol. The van der Waals surface area contributed by atoms with Gasteiger partial charge in [0.1, 0.15) is 0 Å². The van der Waals surface area contributed by atoms with Gasteiger partial charge < -0.3 is 5.73 Å². The summed E-state index contributed by atoms with van der Waals surface area (Å²) in [6, 6.07) is 11.5. The quantitative estimate of drug-likeness (QED) is 0.844. The minimum atomic E-state index is 0.131. The number of benzene rings is 1. The van der Waals surface area contributed by atoms with Crippen LogP contribution in [0.5, 0.6) is 0 Å². The van der Waals surface area contributed by atoms with Crippen LogP contribution in [0.25, 0.3) is 0 Å². The molecule has 3 heteroatoms. The molecule has 0 heterocycles. The van der Waals surface area contributed by atoms with Crippen molar-refractivity contribution in [3.05, 3.63) is 35.9 Å². The van der Waals surface area contributed by atoms with Gasteiger partial charge in [0, 0.05) is 23.9 Å². The van der Waals surface area contributed by atoms with Crippen molar-refractivity contribution in [2.24, 2.45) is 5.73 Å². The molecule has 0 spiro atoms. The second-order valence-electron chi connectivity index (χ2n) is 4.68. The van der Waals surface area contributed by atoms with E-state index in [1.165, 1.54) is 5.56 Å². The first-order chi connectivity index (χ1) is 8.07. The van der Waals surface area contributed by atoms with E-state index in [1.54, 1.807) is 0 Å². The Hall–Kier alpha value is -0.510.